The minimum absolute atomic E-state index is 0.711. The number of hydrogen-bond donors (Lipinski definition) is 1. The predicted octanol–water partition coefficient (Wildman–Crippen LogP) is 3.32. The Morgan fingerprint density at radius 2 is 2.26 bits per heavy atom. The molecule has 0 aliphatic heterocycles. The first-order valence-electron chi connectivity index (χ1n) is 7.21. The van der Waals surface area contributed by atoms with Gasteiger partial charge in [-0.1, -0.05) is 12.7 Å². The molecule has 0 aliphatic rings. The third-order valence-electron chi connectivity index (χ3n) is 3.36. The first kappa shape index (κ1) is 15.4. The zero-order valence-electron chi connectivity index (χ0n) is 13.1. The molecule has 0 unspecified atom stereocenters. The fraction of sp³-hybridized carbons (Fsp3) is 0.188. The maximum absolute atomic E-state index is 4.63. The molecule has 3 aromatic rings. The summed E-state index contributed by atoms with van der Waals surface area (Å²) in [6.07, 6.45) is 7.64. The number of fused-ring (bicyclic) bond motifs is 1. The van der Waals surface area contributed by atoms with Crippen LogP contribution < -0.4 is 5.32 Å². The van der Waals surface area contributed by atoms with Crippen molar-refractivity contribution < 1.29 is 0 Å². The lowest BCUT2D eigenvalue weighted by Gasteiger charge is -2.08. The largest absolute Gasteiger partial charge is 0.364 e. The van der Waals surface area contributed by atoms with E-state index in [0.29, 0.717) is 6.54 Å². The van der Waals surface area contributed by atoms with E-state index >= 15 is 0 Å². The van der Waals surface area contributed by atoms with Crippen LogP contribution in [0.4, 0.5) is 5.82 Å². The molecule has 0 radical (unpaired) electrons. The van der Waals surface area contributed by atoms with Crippen LogP contribution in [0.2, 0.25) is 0 Å². The van der Waals surface area contributed by atoms with Crippen LogP contribution in [0, 0.1) is 0 Å². The maximum Gasteiger partial charge on any atom is 0.154 e. The van der Waals surface area contributed by atoms with Gasteiger partial charge in [0.1, 0.15) is 5.82 Å². The van der Waals surface area contributed by atoms with Crippen LogP contribution in [-0.4, -0.2) is 30.9 Å². The average Bonchev–Trinajstić information content (AvgIpc) is 3.16. The Bertz CT molecular complexity index is 860. The fourth-order valence-electron chi connectivity index (χ4n) is 2.21. The van der Waals surface area contributed by atoms with Gasteiger partial charge in [-0.25, -0.2) is 9.50 Å². The highest BCUT2D eigenvalue weighted by atomic mass is 32.2. The van der Waals surface area contributed by atoms with Crippen molar-refractivity contribution in [2.45, 2.75) is 6.92 Å². The fourth-order valence-corrected chi connectivity index (χ4v) is 2.72. The highest BCUT2D eigenvalue weighted by molar-refractivity contribution is 8.05. The monoisotopic (exact) mass is 326 g/mol. The summed E-state index contributed by atoms with van der Waals surface area (Å²) < 4.78 is 3.59. The summed E-state index contributed by atoms with van der Waals surface area (Å²) in [5, 5.41) is 14.0. The van der Waals surface area contributed by atoms with Gasteiger partial charge in [0.05, 0.1) is 18.1 Å². The summed E-state index contributed by atoms with van der Waals surface area (Å²) in [5.74, 6) is 0.796. The highest BCUT2D eigenvalue weighted by Crippen LogP contribution is 2.21. The summed E-state index contributed by atoms with van der Waals surface area (Å²) in [5.41, 5.74) is 2.71. The summed E-state index contributed by atoms with van der Waals surface area (Å²) >= 11 is 1.61. The predicted molar refractivity (Wildman–Crippen MR) is 95.2 cm³/mol. The van der Waals surface area contributed by atoms with E-state index in [9.17, 15) is 0 Å². The van der Waals surface area contributed by atoms with Gasteiger partial charge in [-0.05, 0) is 24.5 Å². The van der Waals surface area contributed by atoms with Crippen LogP contribution in [0.5, 0.6) is 0 Å². The topological polar surface area (TPSA) is 60.0 Å². The molecule has 23 heavy (non-hydrogen) atoms. The van der Waals surface area contributed by atoms with E-state index in [-0.39, 0.29) is 0 Å². The molecule has 0 amide bonds. The zero-order chi connectivity index (χ0) is 16.2. The molecule has 0 fully saturated rings. The summed E-state index contributed by atoms with van der Waals surface area (Å²) in [4.78, 5) is 5.59. The van der Waals surface area contributed by atoms with Crippen LogP contribution in [0.25, 0.3) is 16.9 Å². The van der Waals surface area contributed by atoms with E-state index in [2.05, 4.69) is 33.2 Å². The number of anilines is 1. The molecule has 3 rings (SSSR count). The number of nitrogens with one attached hydrogen (secondary N) is 1. The second-order valence-electron chi connectivity index (χ2n) is 4.93. The third kappa shape index (κ3) is 3.29. The van der Waals surface area contributed by atoms with Gasteiger partial charge in [0.15, 0.2) is 5.65 Å². The SMILES string of the molecule is C=CS/C(=C\C)CNc1ccc2ncc(-c3cnn(C)c3)n2n1. The summed E-state index contributed by atoms with van der Waals surface area (Å²) in [7, 11) is 1.89. The lowest BCUT2D eigenvalue weighted by molar-refractivity contribution is 0.768. The molecule has 7 heteroatoms. The Hall–Kier alpha value is -2.54. The van der Waals surface area contributed by atoms with E-state index in [1.807, 2.05) is 54.6 Å². The molecule has 0 bridgehead atoms. The van der Waals surface area contributed by atoms with Crippen LogP contribution in [0.3, 0.4) is 0 Å². The number of nitrogens with zero attached hydrogens (tertiary/aromatic N) is 5. The molecule has 0 saturated carbocycles. The van der Waals surface area contributed by atoms with E-state index in [1.54, 1.807) is 16.4 Å². The van der Waals surface area contributed by atoms with Crippen molar-refractivity contribution in [1.82, 2.24) is 24.4 Å². The Labute approximate surface area is 138 Å². The van der Waals surface area contributed by atoms with Crippen molar-refractivity contribution in [3.8, 4) is 11.3 Å². The molecule has 3 aromatic heterocycles. The summed E-state index contributed by atoms with van der Waals surface area (Å²) in [6.45, 7) is 6.47. The summed E-state index contributed by atoms with van der Waals surface area (Å²) in [6, 6.07) is 3.88. The third-order valence-corrected chi connectivity index (χ3v) is 4.21. The smallest absolute Gasteiger partial charge is 0.154 e. The van der Waals surface area contributed by atoms with Gasteiger partial charge in [0.25, 0.3) is 0 Å². The van der Waals surface area contributed by atoms with Gasteiger partial charge in [0.2, 0.25) is 0 Å². The minimum Gasteiger partial charge on any atom is -0.364 e. The molecule has 3 heterocycles. The van der Waals surface area contributed by atoms with Gasteiger partial charge in [-0.3, -0.25) is 4.68 Å². The van der Waals surface area contributed by atoms with Crippen molar-refractivity contribution in [3.63, 3.8) is 0 Å². The molecule has 1 N–H and O–H groups in total. The van der Waals surface area contributed by atoms with Gasteiger partial charge < -0.3 is 5.32 Å². The minimum atomic E-state index is 0.711. The Morgan fingerprint density at radius 3 is 2.96 bits per heavy atom. The highest BCUT2D eigenvalue weighted by Gasteiger charge is 2.09. The molecular weight excluding hydrogens is 308 g/mol. The van der Waals surface area contributed by atoms with Crippen LogP contribution in [0.15, 0.2) is 53.7 Å². The standard InChI is InChI=1S/C16H18N6S/c1-4-13(23-5-2)9-17-15-6-7-16-18-10-14(22(16)20-15)12-8-19-21(3)11-12/h4-8,10-11H,2,9H2,1,3H3,(H,17,20)/b13-4-. The molecule has 0 aliphatic carbocycles. The van der Waals surface area contributed by atoms with Gasteiger partial charge in [-0.15, -0.1) is 16.9 Å². The van der Waals surface area contributed by atoms with E-state index in [1.165, 1.54) is 4.91 Å². The number of aromatic nitrogens is 5. The van der Waals surface area contributed by atoms with Crippen molar-refractivity contribution in [2.75, 3.05) is 11.9 Å². The lowest BCUT2D eigenvalue weighted by Crippen LogP contribution is -2.06. The molecule has 0 aromatic carbocycles. The number of allylic oxidation sites excluding steroid dienone is 1. The van der Waals surface area contributed by atoms with Crippen molar-refractivity contribution in [2.24, 2.45) is 7.05 Å². The number of hydrogen-bond acceptors (Lipinski definition) is 5. The number of thioether (sulfide) groups is 1. The average molecular weight is 326 g/mol. The van der Waals surface area contributed by atoms with E-state index in [4.69, 9.17) is 0 Å². The van der Waals surface area contributed by atoms with E-state index < -0.39 is 0 Å². The molecule has 118 valence electrons. The molecule has 0 saturated heterocycles. The first-order valence-corrected chi connectivity index (χ1v) is 8.09. The lowest BCUT2D eigenvalue weighted by atomic mass is 10.3. The zero-order valence-corrected chi connectivity index (χ0v) is 13.9. The quantitative estimate of drug-likeness (QED) is 0.753. The molecule has 6 nitrogen and oxygen atoms in total. The molecule has 0 spiro atoms. The van der Waals surface area contributed by atoms with Gasteiger partial charge in [0, 0.05) is 30.3 Å². The number of rotatable bonds is 6. The van der Waals surface area contributed by atoms with Crippen molar-refractivity contribution in [1.29, 1.82) is 0 Å². The number of aryl methyl sites for hydroxylation is 1. The van der Waals surface area contributed by atoms with Crippen molar-refractivity contribution >= 4 is 23.2 Å². The van der Waals surface area contributed by atoms with Crippen LogP contribution >= 0.6 is 11.8 Å². The second-order valence-corrected chi connectivity index (χ2v) is 6.02. The van der Waals surface area contributed by atoms with Crippen LogP contribution in [-0.2, 0) is 7.05 Å². The van der Waals surface area contributed by atoms with Crippen molar-refractivity contribution in [3.05, 3.63) is 53.7 Å². The maximum atomic E-state index is 4.63. The first-order chi connectivity index (χ1) is 11.2. The Balaban J connectivity index is 1.87. The van der Waals surface area contributed by atoms with Crippen LogP contribution in [0.1, 0.15) is 6.92 Å². The Kier molecular flexibility index (Phi) is 4.47. The second kappa shape index (κ2) is 6.70. The molecular formula is C16H18N6S. The molecule has 0 atom stereocenters. The van der Waals surface area contributed by atoms with Gasteiger partial charge >= 0.3 is 0 Å². The number of imidazole rings is 1. The van der Waals surface area contributed by atoms with Gasteiger partial charge in [-0.2, -0.15) is 5.10 Å². The van der Waals surface area contributed by atoms with E-state index in [0.717, 1.165) is 22.7 Å². The Morgan fingerprint density at radius 1 is 1.39 bits per heavy atom. The normalized spacial score (nSPS) is 11.8.